The van der Waals surface area contributed by atoms with Gasteiger partial charge in [0.2, 0.25) is 0 Å². The minimum atomic E-state index is -0.329. The van der Waals surface area contributed by atoms with E-state index in [-0.39, 0.29) is 16.7 Å². The summed E-state index contributed by atoms with van der Waals surface area (Å²) >= 11 is 4.93. The Kier molecular flexibility index (Phi) is 4.33. The van der Waals surface area contributed by atoms with Crippen molar-refractivity contribution in [3.8, 4) is 0 Å². The zero-order chi connectivity index (χ0) is 15.6. The molecule has 0 saturated carbocycles. The number of nitrogens with zero attached hydrogens (tertiary/aromatic N) is 1. The van der Waals surface area contributed by atoms with Gasteiger partial charge in [-0.2, -0.15) is 0 Å². The SMILES string of the molecule is Cc1cc(C(=O)N(C)c2cccc(C(N)=S)c2)ccc1F. The lowest BCUT2D eigenvalue weighted by molar-refractivity contribution is 0.0993. The number of benzene rings is 2. The van der Waals surface area contributed by atoms with E-state index in [1.165, 1.54) is 23.1 Å². The number of carbonyl (C=O) groups excluding carboxylic acids is 1. The molecule has 0 radical (unpaired) electrons. The van der Waals surface area contributed by atoms with Crippen LogP contribution >= 0.6 is 12.2 Å². The molecule has 0 unspecified atom stereocenters. The molecule has 0 aliphatic carbocycles. The molecule has 0 fully saturated rings. The van der Waals surface area contributed by atoms with Crippen molar-refractivity contribution >= 4 is 28.8 Å². The van der Waals surface area contributed by atoms with Crippen LogP contribution in [-0.4, -0.2) is 17.9 Å². The van der Waals surface area contributed by atoms with Gasteiger partial charge in [-0.25, -0.2) is 4.39 Å². The van der Waals surface area contributed by atoms with Gasteiger partial charge in [-0.3, -0.25) is 4.79 Å². The minimum absolute atomic E-state index is 0.224. The Labute approximate surface area is 128 Å². The molecule has 0 aromatic heterocycles. The highest BCUT2D eigenvalue weighted by Crippen LogP contribution is 2.18. The molecule has 2 rings (SSSR count). The maximum Gasteiger partial charge on any atom is 0.258 e. The number of anilines is 1. The molecular weight excluding hydrogens is 287 g/mol. The van der Waals surface area contributed by atoms with Gasteiger partial charge in [0.25, 0.3) is 5.91 Å². The van der Waals surface area contributed by atoms with Crippen LogP contribution in [0.1, 0.15) is 21.5 Å². The zero-order valence-corrected chi connectivity index (χ0v) is 12.6. The van der Waals surface area contributed by atoms with Gasteiger partial charge in [0.05, 0.1) is 0 Å². The van der Waals surface area contributed by atoms with Crippen molar-refractivity contribution in [3.63, 3.8) is 0 Å². The Balaban J connectivity index is 2.32. The number of hydrogen-bond donors (Lipinski definition) is 1. The first-order chi connectivity index (χ1) is 9.90. The molecule has 3 nitrogen and oxygen atoms in total. The van der Waals surface area contributed by atoms with E-state index in [1.807, 2.05) is 0 Å². The molecular formula is C16H15FN2OS. The molecule has 2 aromatic carbocycles. The molecule has 0 heterocycles. The molecule has 5 heteroatoms. The molecule has 0 atom stereocenters. The normalized spacial score (nSPS) is 10.2. The first-order valence-corrected chi connectivity index (χ1v) is 6.75. The number of nitrogens with two attached hydrogens (primary N) is 1. The Bertz CT molecular complexity index is 715. The van der Waals surface area contributed by atoms with Gasteiger partial charge < -0.3 is 10.6 Å². The van der Waals surface area contributed by atoms with E-state index in [2.05, 4.69) is 0 Å². The van der Waals surface area contributed by atoms with Crippen LogP contribution in [-0.2, 0) is 0 Å². The Morgan fingerprint density at radius 1 is 1.19 bits per heavy atom. The van der Waals surface area contributed by atoms with Crippen LogP contribution in [0.2, 0.25) is 0 Å². The number of rotatable bonds is 3. The summed E-state index contributed by atoms with van der Waals surface area (Å²) in [4.78, 5) is 14.2. The lowest BCUT2D eigenvalue weighted by atomic mass is 10.1. The second-order valence-electron chi connectivity index (χ2n) is 4.74. The van der Waals surface area contributed by atoms with Gasteiger partial charge in [0, 0.05) is 23.9 Å². The standard InChI is InChI=1S/C16H15FN2OS/c1-10-8-12(6-7-14(10)17)16(20)19(2)13-5-3-4-11(9-13)15(18)21/h3-9H,1-2H3,(H2,18,21). The third-order valence-electron chi connectivity index (χ3n) is 3.23. The third kappa shape index (κ3) is 3.25. The van der Waals surface area contributed by atoms with E-state index < -0.39 is 0 Å². The maximum absolute atomic E-state index is 13.3. The fourth-order valence-electron chi connectivity index (χ4n) is 1.96. The highest BCUT2D eigenvalue weighted by Gasteiger charge is 2.15. The zero-order valence-electron chi connectivity index (χ0n) is 11.8. The van der Waals surface area contributed by atoms with Crippen LogP contribution in [0.25, 0.3) is 0 Å². The molecule has 0 saturated heterocycles. The summed E-state index contributed by atoms with van der Waals surface area (Å²) in [6, 6.07) is 11.4. The van der Waals surface area contributed by atoms with Crippen molar-refractivity contribution in [1.29, 1.82) is 0 Å². The molecule has 108 valence electrons. The van der Waals surface area contributed by atoms with Gasteiger partial charge in [-0.1, -0.05) is 24.4 Å². The molecule has 0 aliphatic rings. The minimum Gasteiger partial charge on any atom is -0.389 e. The van der Waals surface area contributed by atoms with Gasteiger partial charge >= 0.3 is 0 Å². The second-order valence-corrected chi connectivity index (χ2v) is 5.18. The summed E-state index contributed by atoms with van der Waals surface area (Å²) in [5.41, 5.74) is 7.82. The number of halogens is 1. The third-order valence-corrected chi connectivity index (χ3v) is 3.46. The van der Waals surface area contributed by atoms with Crippen LogP contribution < -0.4 is 10.6 Å². The van der Waals surface area contributed by atoms with Crippen molar-refractivity contribution < 1.29 is 9.18 Å². The monoisotopic (exact) mass is 302 g/mol. The summed E-state index contributed by atoms with van der Waals surface area (Å²) in [5, 5.41) is 0. The van der Waals surface area contributed by atoms with Gasteiger partial charge in [0.15, 0.2) is 0 Å². The van der Waals surface area contributed by atoms with Crippen molar-refractivity contribution in [2.75, 3.05) is 11.9 Å². The molecule has 2 aromatic rings. The van der Waals surface area contributed by atoms with Gasteiger partial charge in [-0.15, -0.1) is 0 Å². The highest BCUT2D eigenvalue weighted by molar-refractivity contribution is 7.80. The molecule has 2 N–H and O–H groups in total. The summed E-state index contributed by atoms with van der Waals surface area (Å²) in [5.74, 6) is -0.553. The highest BCUT2D eigenvalue weighted by atomic mass is 32.1. The number of thiocarbonyl (C=S) groups is 1. The van der Waals surface area contributed by atoms with Crippen LogP contribution in [0.5, 0.6) is 0 Å². The topological polar surface area (TPSA) is 46.3 Å². The van der Waals surface area contributed by atoms with Crippen LogP contribution in [0.15, 0.2) is 42.5 Å². The Morgan fingerprint density at radius 3 is 2.52 bits per heavy atom. The Morgan fingerprint density at radius 2 is 1.90 bits per heavy atom. The predicted molar refractivity (Wildman–Crippen MR) is 86.2 cm³/mol. The lowest BCUT2D eigenvalue weighted by Gasteiger charge is -2.18. The average Bonchev–Trinajstić information content (AvgIpc) is 2.48. The quantitative estimate of drug-likeness (QED) is 0.886. The van der Waals surface area contributed by atoms with Crippen molar-refractivity contribution in [2.24, 2.45) is 5.73 Å². The summed E-state index contributed by atoms with van der Waals surface area (Å²) in [6.45, 7) is 1.62. The molecule has 0 aliphatic heterocycles. The van der Waals surface area contributed by atoms with Crippen LogP contribution in [0.4, 0.5) is 10.1 Å². The molecule has 1 amide bonds. The van der Waals surface area contributed by atoms with Crippen molar-refractivity contribution in [3.05, 3.63) is 65.0 Å². The maximum atomic E-state index is 13.3. The Hall–Kier alpha value is -2.27. The summed E-state index contributed by atoms with van der Waals surface area (Å²) in [6.07, 6.45) is 0. The summed E-state index contributed by atoms with van der Waals surface area (Å²) in [7, 11) is 1.65. The number of amides is 1. The molecule has 0 bridgehead atoms. The molecule has 21 heavy (non-hydrogen) atoms. The summed E-state index contributed by atoms with van der Waals surface area (Å²) < 4.78 is 13.3. The number of carbonyl (C=O) groups is 1. The largest absolute Gasteiger partial charge is 0.389 e. The van der Waals surface area contributed by atoms with Crippen LogP contribution in [0, 0.1) is 12.7 Å². The molecule has 0 spiro atoms. The first-order valence-electron chi connectivity index (χ1n) is 6.34. The van der Waals surface area contributed by atoms with Gasteiger partial charge in [0.1, 0.15) is 10.8 Å². The lowest BCUT2D eigenvalue weighted by Crippen LogP contribution is -2.26. The fourth-order valence-corrected chi connectivity index (χ4v) is 2.08. The number of aryl methyl sites for hydroxylation is 1. The van der Waals surface area contributed by atoms with E-state index in [4.69, 9.17) is 18.0 Å². The van der Waals surface area contributed by atoms with E-state index >= 15 is 0 Å². The van der Waals surface area contributed by atoms with Crippen molar-refractivity contribution in [1.82, 2.24) is 0 Å². The van der Waals surface area contributed by atoms with Crippen LogP contribution in [0.3, 0.4) is 0 Å². The van der Waals surface area contributed by atoms with E-state index in [1.54, 1.807) is 38.2 Å². The van der Waals surface area contributed by atoms with Crippen molar-refractivity contribution in [2.45, 2.75) is 6.92 Å². The van der Waals surface area contributed by atoms with E-state index in [9.17, 15) is 9.18 Å². The van der Waals surface area contributed by atoms with Gasteiger partial charge in [-0.05, 0) is 42.8 Å². The fraction of sp³-hybridized carbons (Fsp3) is 0.125. The predicted octanol–water partition coefficient (Wildman–Crippen LogP) is 3.04. The average molecular weight is 302 g/mol. The van der Waals surface area contributed by atoms with E-state index in [0.717, 1.165) is 0 Å². The smallest absolute Gasteiger partial charge is 0.258 e. The second kappa shape index (κ2) is 6.01. The first kappa shape index (κ1) is 15.1. The van der Waals surface area contributed by atoms with E-state index in [0.29, 0.717) is 22.4 Å². The number of hydrogen-bond acceptors (Lipinski definition) is 2.